The fourth-order valence-corrected chi connectivity index (χ4v) is 5.49. The van der Waals surface area contributed by atoms with E-state index < -0.39 is 18.0 Å². The standard InChI is InChI=1S/C23H31N3O5/c1-3-5-14-6-7-18-19-16(12-25(18)22(14)29)17(13-27)20(21(28)24-4-2)26(19)23(30)15-8-10-31-11-9-15/h3,5-7,15-17,19-20,27H,4,8-13H2,1-2H3,(H,24,28)/b5-3-/t16-,17-,19+,20-/m0/s1. The molecule has 4 heterocycles. The SMILES string of the molecule is C/C=C\c1ccc2n(c1=O)C[C@H]1[C@H](CO)[C@@H](C(=O)NCC)N(C(=O)C3CCOCC3)[C@@H]21. The maximum absolute atomic E-state index is 13.7. The van der Waals surface area contributed by atoms with Gasteiger partial charge in [-0.1, -0.05) is 12.2 Å². The van der Waals surface area contributed by atoms with Gasteiger partial charge in [-0.3, -0.25) is 14.4 Å². The number of carbonyl (C=O) groups excluding carboxylic acids is 2. The van der Waals surface area contributed by atoms with Gasteiger partial charge in [-0.25, -0.2) is 0 Å². The summed E-state index contributed by atoms with van der Waals surface area (Å²) in [6.07, 6.45) is 4.83. The van der Waals surface area contributed by atoms with E-state index in [-0.39, 0.29) is 35.8 Å². The number of allylic oxidation sites excluding steroid dienone is 1. The van der Waals surface area contributed by atoms with Gasteiger partial charge in [0.15, 0.2) is 0 Å². The van der Waals surface area contributed by atoms with Crippen molar-refractivity contribution in [2.45, 2.75) is 45.3 Å². The van der Waals surface area contributed by atoms with E-state index in [4.69, 9.17) is 4.74 Å². The molecule has 0 spiro atoms. The molecular weight excluding hydrogens is 398 g/mol. The van der Waals surface area contributed by atoms with Crippen LogP contribution in [-0.2, 0) is 20.9 Å². The van der Waals surface area contributed by atoms with Crippen LogP contribution in [0.2, 0.25) is 0 Å². The number of pyridine rings is 1. The maximum atomic E-state index is 13.7. The lowest BCUT2D eigenvalue weighted by molar-refractivity contribution is -0.147. The first-order chi connectivity index (χ1) is 15.0. The molecule has 168 valence electrons. The molecule has 0 unspecified atom stereocenters. The van der Waals surface area contributed by atoms with E-state index in [9.17, 15) is 19.5 Å². The lowest BCUT2D eigenvalue weighted by Gasteiger charge is -2.34. The number of aliphatic hydroxyl groups excluding tert-OH is 1. The molecule has 1 aromatic heterocycles. The summed E-state index contributed by atoms with van der Waals surface area (Å²) in [5.41, 5.74) is 1.23. The average Bonchev–Trinajstić information content (AvgIpc) is 3.31. The van der Waals surface area contributed by atoms with E-state index in [0.717, 1.165) is 5.69 Å². The zero-order valence-corrected chi connectivity index (χ0v) is 18.1. The molecule has 2 saturated heterocycles. The van der Waals surface area contributed by atoms with E-state index in [1.165, 1.54) is 0 Å². The second kappa shape index (κ2) is 8.96. The van der Waals surface area contributed by atoms with Crippen LogP contribution < -0.4 is 10.9 Å². The van der Waals surface area contributed by atoms with Crippen molar-refractivity contribution in [1.29, 1.82) is 0 Å². The molecule has 0 radical (unpaired) electrons. The molecule has 31 heavy (non-hydrogen) atoms. The quantitative estimate of drug-likeness (QED) is 0.725. The summed E-state index contributed by atoms with van der Waals surface area (Å²) in [4.78, 5) is 41.4. The molecule has 2 fully saturated rings. The zero-order chi connectivity index (χ0) is 22.1. The highest BCUT2D eigenvalue weighted by atomic mass is 16.5. The predicted octanol–water partition coefficient (Wildman–Crippen LogP) is 0.934. The van der Waals surface area contributed by atoms with E-state index in [1.807, 2.05) is 26.0 Å². The smallest absolute Gasteiger partial charge is 0.258 e. The largest absolute Gasteiger partial charge is 0.396 e. The third-order valence-electron chi connectivity index (χ3n) is 6.90. The third-order valence-corrected chi connectivity index (χ3v) is 6.90. The fourth-order valence-electron chi connectivity index (χ4n) is 5.49. The first kappa shape index (κ1) is 21.8. The number of fused-ring (bicyclic) bond motifs is 3. The Kier molecular flexibility index (Phi) is 6.29. The van der Waals surface area contributed by atoms with Crippen LogP contribution in [0.5, 0.6) is 0 Å². The predicted molar refractivity (Wildman–Crippen MR) is 115 cm³/mol. The van der Waals surface area contributed by atoms with Crippen LogP contribution in [0.3, 0.4) is 0 Å². The highest BCUT2D eigenvalue weighted by molar-refractivity contribution is 5.90. The number of likely N-dealkylation sites (tertiary alicyclic amines) is 1. The number of hydrogen-bond acceptors (Lipinski definition) is 5. The Hall–Kier alpha value is -2.45. The summed E-state index contributed by atoms with van der Waals surface area (Å²) in [5, 5.41) is 13.1. The van der Waals surface area contributed by atoms with Crippen molar-refractivity contribution in [2.75, 3.05) is 26.4 Å². The van der Waals surface area contributed by atoms with Crippen molar-refractivity contribution in [2.24, 2.45) is 17.8 Å². The Labute approximate surface area is 181 Å². The summed E-state index contributed by atoms with van der Waals surface area (Å²) in [7, 11) is 0. The fraction of sp³-hybridized carbons (Fsp3) is 0.609. The van der Waals surface area contributed by atoms with E-state index in [2.05, 4.69) is 5.32 Å². The van der Waals surface area contributed by atoms with Gasteiger partial charge < -0.3 is 24.6 Å². The van der Waals surface area contributed by atoms with Crippen molar-refractivity contribution in [1.82, 2.24) is 14.8 Å². The molecule has 4 rings (SSSR count). The first-order valence-corrected chi connectivity index (χ1v) is 11.2. The van der Waals surface area contributed by atoms with Crippen molar-refractivity contribution in [3.8, 4) is 0 Å². The molecule has 3 aliphatic rings. The van der Waals surface area contributed by atoms with E-state index in [1.54, 1.807) is 21.6 Å². The van der Waals surface area contributed by atoms with Crippen LogP contribution in [0, 0.1) is 17.8 Å². The number of likely N-dealkylation sites (N-methyl/N-ethyl adjacent to an activating group) is 1. The van der Waals surface area contributed by atoms with Crippen molar-refractivity contribution >= 4 is 17.9 Å². The molecule has 0 bridgehead atoms. The van der Waals surface area contributed by atoms with Crippen molar-refractivity contribution in [3.05, 3.63) is 39.8 Å². The van der Waals surface area contributed by atoms with Gasteiger partial charge in [0.1, 0.15) is 6.04 Å². The summed E-state index contributed by atoms with van der Waals surface area (Å²) in [6.45, 7) is 5.37. The minimum absolute atomic E-state index is 0.0797. The number of nitrogens with one attached hydrogen (secondary N) is 1. The second-order valence-corrected chi connectivity index (χ2v) is 8.56. The molecule has 2 amide bonds. The average molecular weight is 430 g/mol. The maximum Gasteiger partial charge on any atom is 0.258 e. The van der Waals surface area contributed by atoms with Crippen LogP contribution in [-0.4, -0.2) is 58.8 Å². The first-order valence-electron chi connectivity index (χ1n) is 11.2. The normalized spacial score (nSPS) is 28.0. The van der Waals surface area contributed by atoms with Gasteiger partial charge in [-0.05, 0) is 38.8 Å². The van der Waals surface area contributed by atoms with Crippen molar-refractivity contribution in [3.63, 3.8) is 0 Å². The lowest BCUT2D eigenvalue weighted by atomic mass is 9.88. The highest BCUT2D eigenvalue weighted by Gasteiger charge is 2.57. The van der Waals surface area contributed by atoms with Crippen LogP contribution in [0.4, 0.5) is 0 Å². The number of carbonyl (C=O) groups is 2. The minimum atomic E-state index is -0.741. The Morgan fingerprint density at radius 1 is 1.29 bits per heavy atom. The summed E-state index contributed by atoms with van der Waals surface area (Å²) >= 11 is 0. The van der Waals surface area contributed by atoms with Gasteiger partial charge in [-0.2, -0.15) is 0 Å². The zero-order valence-electron chi connectivity index (χ0n) is 18.1. The van der Waals surface area contributed by atoms with Gasteiger partial charge in [0.2, 0.25) is 11.8 Å². The molecular formula is C23H31N3O5. The number of ether oxygens (including phenoxy) is 1. The number of aliphatic hydroxyl groups is 1. The highest BCUT2D eigenvalue weighted by Crippen LogP contribution is 2.50. The Bertz CT molecular complexity index is 934. The molecule has 4 atom stereocenters. The molecule has 8 heteroatoms. The van der Waals surface area contributed by atoms with Crippen LogP contribution in [0.15, 0.2) is 23.0 Å². The number of rotatable bonds is 5. The summed E-state index contributed by atoms with van der Waals surface area (Å²) < 4.78 is 7.13. The molecule has 0 saturated carbocycles. The number of nitrogens with zero attached hydrogens (tertiary/aromatic N) is 2. The Morgan fingerprint density at radius 3 is 2.68 bits per heavy atom. The number of hydrogen-bond donors (Lipinski definition) is 2. The van der Waals surface area contributed by atoms with E-state index >= 15 is 0 Å². The molecule has 0 aromatic carbocycles. The monoisotopic (exact) mass is 429 g/mol. The summed E-state index contributed by atoms with van der Waals surface area (Å²) in [5.74, 6) is -1.15. The second-order valence-electron chi connectivity index (χ2n) is 8.56. The van der Waals surface area contributed by atoms with Crippen LogP contribution in [0.25, 0.3) is 6.08 Å². The molecule has 2 N–H and O–H groups in total. The third kappa shape index (κ3) is 3.61. The number of aromatic nitrogens is 1. The van der Waals surface area contributed by atoms with Gasteiger partial charge >= 0.3 is 0 Å². The molecule has 3 aliphatic heterocycles. The van der Waals surface area contributed by atoms with Crippen molar-refractivity contribution < 1.29 is 19.4 Å². The topological polar surface area (TPSA) is 101 Å². The van der Waals surface area contributed by atoms with Crippen LogP contribution >= 0.6 is 0 Å². The Balaban J connectivity index is 1.79. The van der Waals surface area contributed by atoms with E-state index in [0.29, 0.717) is 44.7 Å². The lowest BCUT2D eigenvalue weighted by Crippen LogP contribution is -2.52. The molecule has 8 nitrogen and oxygen atoms in total. The van der Waals surface area contributed by atoms with Gasteiger partial charge in [-0.15, -0.1) is 0 Å². The van der Waals surface area contributed by atoms with Gasteiger partial charge in [0.05, 0.1) is 6.04 Å². The van der Waals surface area contributed by atoms with Gasteiger partial charge in [0, 0.05) is 61.9 Å². The van der Waals surface area contributed by atoms with Gasteiger partial charge in [0.25, 0.3) is 5.56 Å². The minimum Gasteiger partial charge on any atom is -0.396 e. The number of amides is 2. The summed E-state index contributed by atoms with van der Waals surface area (Å²) in [6, 6.07) is 2.53. The molecule has 0 aliphatic carbocycles. The Morgan fingerprint density at radius 2 is 2.03 bits per heavy atom. The van der Waals surface area contributed by atoms with Crippen LogP contribution in [0.1, 0.15) is 44.0 Å². The molecule has 1 aromatic rings.